The van der Waals surface area contributed by atoms with Crippen molar-refractivity contribution in [2.75, 3.05) is 5.75 Å². The Morgan fingerprint density at radius 3 is 3.18 bits per heavy atom. The fourth-order valence-electron chi connectivity index (χ4n) is 1.24. The van der Waals surface area contributed by atoms with E-state index in [0.717, 1.165) is 5.75 Å². The van der Waals surface area contributed by atoms with Crippen LogP contribution in [-0.2, 0) is 0 Å². The summed E-state index contributed by atoms with van der Waals surface area (Å²) in [7, 11) is 0. The van der Waals surface area contributed by atoms with E-state index in [0.29, 0.717) is 0 Å². The van der Waals surface area contributed by atoms with Crippen molar-refractivity contribution in [2.45, 2.75) is 11.8 Å². The molecule has 0 unspecified atom stereocenters. The van der Waals surface area contributed by atoms with E-state index in [1.165, 1.54) is 16.0 Å². The van der Waals surface area contributed by atoms with Gasteiger partial charge < -0.3 is 0 Å². The summed E-state index contributed by atoms with van der Waals surface area (Å²) in [5.41, 5.74) is 2.72. The lowest BCUT2D eigenvalue weighted by atomic mass is 10.1. The van der Waals surface area contributed by atoms with E-state index in [4.69, 9.17) is 0 Å². The van der Waals surface area contributed by atoms with E-state index in [9.17, 15) is 0 Å². The van der Waals surface area contributed by atoms with Crippen LogP contribution in [-0.4, -0.2) is 5.75 Å². The summed E-state index contributed by atoms with van der Waals surface area (Å²) >= 11 is 1.91. The van der Waals surface area contributed by atoms with Gasteiger partial charge in [0.1, 0.15) is 0 Å². The normalized spacial score (nSPS) is 14.6. The predicted octanol–water partition coefficient (Wildman–Crippen LogP) is 3.11. The molecule has 11 heavy (non-hydrogen) atoms. The highest BCUT2D eigenvalue weighted by molar-refractivity contribution is 7.99. The Labute approximate surface area is 71.3 Å². The highest BCUT2D eigenvalue weighted by Gasteiger charge is 2.02. The summed E-state index contributed by atoms with van der Waals surface area (Å²) in [6.45, 7) is 2.13. The molecular formula is C10H10S. The number of hydrogen-bond acceptors (Lipinski definition) is 1. The lowest BCUT2D eigenvalue weighted by Crippen LogP contribution is -1.87. The smallest absolute Gasteiger partial charge is 0.0164 e. The monoisotopic (exact) mass is 162 g/mol. The van der Waals surface area contributed by atoms with Gasteiger partial charge in [-0.15, -0.1) is 11.8 Å². The van der Waals surface area contributed by atoms with Crippen molar-refractivity contribution in [1.82, 2.24) is 0 Å². The van der Waals surface area contributed by atoms with Crippen molar-refractivity contribution < 1.29 is 0 Å². The van der Waals surface area contributed by atoms with Gasteiger partial charge in [0.2, 0.25) is 0 Å². The molecule has 0 fully saturated rings. The van der Waals surface area contributed by atoms with Gasteiger partial charge in [0.05, 0.1) is 0 Å². The first-order chi connectivity index (χ1) is 5.36. The molecule has 1 aliphatic heterocycles. The maximum atomic E-state index is 2.23. The number of rotatable bonds is 0. The maximum Gasteiger partial charge on any atom is 0.0164 e. The van der Waals surface area contributed by atoms with Gasteiger partial charge in [-0.1, -0.05) is 29.8 Å². The predicted molar refractivity (Wildman–Crippen MR) is 50.9 cm³/mol. The van der Waals surface area contributed by atoms with Crippen LogP contribution in [0.1, 0.15) is 11.1 Å². The standard InChI is InChI=1S/C10H10S/c1-8-4-5-10-9(7-8)3-2-6-11-10/h2-5,7H,6H2,1H3. The molecule has 0 aromatic heterocycles. The second-order valence-corrected chi connectivity index (χ2v) is 3.82. The van der Waals surface area contributed by atoms with Crippen LogP contribution < -0.4 is 0 Å². The lowest BCUT2D eigenvalue weighted by molar-refractivity contribution is 1.34. The number of benzene rings is 1. The molecule has 0 nitrogen and oxygen atoms in total. The van der Waals surface area contributed by atoms with Gasteiger partial charge in [0, 0.05) is 10.6 Å². The second kappa shape index (κ2) is 2.74. The third kappa shape index (κ3) is 1.33. The average Bonchev–Trinajstić information content (AvgIpc) is 2.04. The molecule has 0 radical (unpaired) electrons. The van der Waals surface area contributed by atoms with Crippen molar-refractivity contribution in [1.29, 1.82) is 0 Å². The molecule has 0 aliphatic carbocycles. The molecule has 1 heterocycles. The minimum atomic E-state index is 1.12. The SMILES string of the molecule is Cc1ccc2c(c1)C=CCS2. The first kappa shape index (κ1) is 6.99. The summed E-state index contributed by atoms with van der Waals surface area (Å²) in [5, 5.41) is 0. The summed E-state index contributed by atoms with van der Waals surface area (Å²) in [5.74, 6) is 1.12. The maximum absolute atomic E-state index is 2.23. The Bertz CT molecular complexity index is 300. The van der Waals surface area contributed by atoms with E-state index in [-0.39, 0.29) is 0 Å². The molecule has 1 aromatic rings. The molecule has 56 valence electrons. The van der Waals surface area contributed by atoms with Crippen LogP contribution in [0.25, 0.3) is 6.08 Å². The molecule has 2 rings (SSSR count). The topological polar surface area (TPSA) is 0 Å². The molecule has 0 spiro atoms. The fourth-order valence-corrected chi connectivity index (χ4v) is 2.07. The van der Waals surface area contributed by atoms with Crippen LogP contribution in [0.3, 0.4) is 0 Å². The van der Waals surface area contributed by atoms with Crippen molar-refractivity contribution in [2.24, 2.45) is 0 Å². The lowest BCUT2D eigenvalue weighted by Gasteiger charge is -2.09. The Morgan fingerprint density at radius 2 is 2.27 bits per heavy atom. The summed E-state index contributed by atoms with van der Waals surface area (Å²) < 4.78 is 0. The van der Waals surface area contributed by atoms with Crippen molar-refractivity contribution in [3.05, 3.63) is 35.4 Å². The quantitative estimate of drug-likeness (QED) is 0.565. The van der Waals surface area contributed by atoms with Gasteiger partial charge in [-0.05, 0) is 18.6 Å². The van der Waals surface area contributed by atoms with Crippen molar-refractivity contribution in [3.8, 4) is 0 Å². The molecule has 0 amide bonds. The second-order valence-electron chi connectivity index (χ2n) is 2.75. The van der Waals surface area contributed by atoms with Gasteiger partial charge >= 0.3 is 0 Å². The van der Waals surface area contributed by atoms with Crippen LogP contribution in [0.15, 0.2) is 29.2 Å². The first-order valence-electron chi connectivity index (χ1n) is 3.76. The molecule has 0 saturated carbocycles. The minimum Gasteiger partial charge on any atom is -0.121 e. The Kier molecular flexibility index (Phi) is 1.74. The zero-order valence-corrected chi connectivity index (χ0v) is 7.32. The average molecular weight is 162 g/mol. The van der Waals surface area contributed by atoms with E-state index >= 15 is 0 Å². The molecule has 0 N–H and O–H groups in total. The van der Waals surface area contributed by atoms with Gasteiger partial charge in [-0.25, -0.2) is 0 Å². The molecule has 1 aromatic carbocycles. The molecule has 0 bridgehead atoms. The number of thioether (sulfide) groups is 1. The highest BCUT2D eigenvalue weighted by atomic mass is 32.2. The van der Waals surface area contributed by atoms with Crippen LogP contribution in [0.4, 0.5) is 0 Å². The third-order valence-corrected chi connectivity index (χ3v) is 2.84. The number of hydrogen-bond donors (Lipinski definition) is 0. The van der Waals surface area contributed by atoms with E-state index in [1.54, 1.807) is 0 Å². The van der Waals surface area contributed by atoms with Gasteiger partial charge in [-0.2, -0.15) is 0 Å². The minimum absolute atomic E-state index is 1.12. The fraction of sp³-hybridized carbons (Fsp3) is 0.200. The highest BCUT2D eigenvalue weighted by Crippen LogP contribution is 2.28. The molecule has 0 saturated heterocycles. The molecular weight excluding hydrogens is 152 g/mol. The molecule has 0 atom stereocenters. The summed E-state index contributed by atoms with van der Waals surface area (Å²) in [4.78, 5) is 1.41. The zero-order chi connectivity index (χ0) is 7.68. The van der Waals surface area contributed by atoms with Crippen LogP contribution in [0.2, 0.25) is 0 Å². The van der Waals surface area contributed by atoms with E-state index in [2.05, 4.69) is 37.3 Å². The van der Waals surface area contributed by atoms with Gasteiger partial charge in [-0.3, -0.25) is 0 Å². The van der Waals surface area contributed by atoms with Crippen LogP contribution in [0, 0.1) is 6.92 Å². The molecule has 1 aliphatic rings. The Morgan fingerprint density at radius 1 is 1.36 bits per heavy atom. The number of aryl methyl sites for hydroxylation is 1. The summed E-state index contributed by atoms with van der Waals surface area (Å²) in [6, 6.07) is 6.61. The van der Waals surface area contributed by atoms with Gasteiger partial charge in [0.25, 0.3) is 0 Å². The Balaban J connectivity index is 2.54. The van der Waals surface area contributed by atoms with E-state index in [1.807, 2.05) is 11.8 Å². The first-order valence-corrected chi connectivity index (χ1v) is 4.75. The van der Waals surface area contributed by atoms with Crippen LogP contribution in [0.5, 0.6) is 0 Å². The largest absolute Gasteiger partial charge is 0.121 e. The summed E-state index contributed by atoms with van der Waals surface area (Å²) in [6.07, 6.45) is 4.42. The molecule has 1 heteroatoms. The van der Waals surface area contributed by atoms with Crippen molar-refractivity contribution >= 4 is 17.8 Å². The van der Waals surface area contributed by atoms with Crippen molar-refractivity contribution in [3.63, 3.8) is 0 Å². The number of fused-ring (bicyclic) bond motifs is 1. The Hall–Kier alpha value is -0.690. The third-order valence-electron chi connectivity index (χ3n) is 1.80. The van der Waals surface area contributed by atoms with Gasteiger partial charge in [0.15, 0.2) is 0 Å². The van der Waals surface area contributed by atoms with Crippen LogP contribution >= 0.6 is 11.8 Å². The zero-order valence-electron chi connectivity index (χ0n) is 6.50. The van der Waals surface area contributed by atoms with E-state index < -0.39 is 0 Å².